The topological polar surface area (TPSA) is 58.3 Å². The van der Waals surface area contributed by atoms with Crippen LogP contribution in [0.15, 0.2) is 60.7 Å². The van der Waals surface area contributed by atoms with E-state index in [-0.39, 0.29) is 0 Å². The van der Waals surface area contributed by atoms with Crippen LogP contribution in [0.4, 0.5) is 17.1 Å². The minimum absolute atomic E-state index is 0.292. The van der Waals surface area contributed by atoms with E-state index >= 15 is 0 Å². The summed E-state index contributed by atoms with van der Waals surface area (Å²) in [5.74, 6) is 1.15. The van der Waals surface area contributed by atoms with Crippen molar-refractivity contribution in [3.63, 3.8) is 0 Å². The van der Waals surface area contributed by atoms with E-state index in [0.717, 1.165) is 33.8 Å². The fraction of sp³-hybridized carbons (Fsp3) is 0.280. The molecule has 0 radical (unpaired) electrons. The largest absolute Gasteiger partial charge is 0.507 e. The van der Waals surface area contributed by atoms with E-state index in [9.17, 15) is 5.11 Å². The van der Waals surface area contributed by atoms with Crippen molar-refractivity contribution in [2.45, 2.75) is 46.0 Å². The minimum atomic E-state index is 0.292. The van der Waals surface area contributed by atoms with Gasteiger partial charge in [0, 0.05) is 12.1 Å². The van der Waals surface area contributed by atoms with Gasteiger partial charge in [-0.15, -0.1) is 0 Å². The van der Waals surface area contributed by atoms with Gasteiger partial charge < -0.3 is 16.2 Å². The van der Waals surface area contributed by atoms with Crippen molar-refractivity contribution in [1.82, 2.24) is 0 Å². The Kier molecular flexibility index (Phi) is 5.93. The zero-order valence-corrected chi connectivity index (χ0v) is 17.2. The number of phenols is 1. The van der Waals surface area contributed by atoms with Gasteiger partial charge in [0.05, 0.1) is 11.4 Å². The molecule has 0 aliphatic heterocycles. The number of aromatic hydroxyl groups is 1. The number of para-hydroxylation sites is 2. The monoisotopic (exact) mass is 374 g/mol. The van der Waals surface area contributed by atoms with E-state index in [1.807, 2.05) is 24.3 Å². The molecule has 0 amide bonds. The van der Waals surface area contributed by atoms with Crippen molar-refractivity contribution in [2.75, 3.05) is 11.1 Å². The maximum Gasteiger partial charge on any atom is 0.122 e. The summed E-state index contributed by atoms with van der Waals surface area (Å²) in [7, 11) is 0. The standard InChI is InChI=1S/C25H30N2O/c1-16(2)19-14-20(25(28)22(15-19)17(3)4)13-18-9-11-21(12-10-18)27-24-8-6-5-7-23(24)26/h5-12,14-17,27-28H,13,26H2,1-4H3. The summed E-state index contributed by atoms with van der Waals surface area (Å²) in [4.78, 5) is 0. The molecule has 0 unspecified atom stereocenters. The number of rotatable bonds is 6. The third kappa shape index (κ3) is 4.48. The number of nitrogens with one attached hydrogen (secondary N) is 1. The van der Waals surface area contributed by atoms with Crippen LogP contribution in [0.25, 0.3) is 0 Å². The molecule has 3 aromatic rings. The predicted octanol–water partition coefficient (Wildman–Crippen LogP) is 6.56. The van der Waals surface area contributed by atoms with E-state index in [2.05, 4.69) is 69.4 Å². The second-order valence-corrected chi connectivity index (χ2v) is 8.01. The van der Waals surface area contributed by atoms with Crippen molar-refractivity contribution >= 4 is 17.1 Å². The Balaban J connectivity index is 1.83. The Morgan fingerprint density at radius 1 is 0.893 bits per heavy atom. The first-order valence-electron chi connectivity index (χ1n) is 9.91. The highest BCUT2D eigenvalue weighted by Crippen LogP contribution is 2.34. The molecule has 3 heteroatoms. The van der Waals surface area contributed by atoms with Crippen LogP contribution >= 0.6 is 0 Å². The summed E-state index contributed by atoms with van der Waals surface area (Å²) in [6.45, 7) is 8.63. The van der Waals surface area contributed by atoms with Gasteiger partial charge >= 0.3 is 0 Å². The van der Waals surface area contributed by atoms with Crippen LogP contribution in [-0.4, -0.2) is 5.11 Å². The van der Waals surface area contributed by atoms with Crippen LogP contribution in [-0.2, 0) is 6.42 Å². The lowest BCUT2D eigenvalue weighted by atomic mass is 9.90. The third-order valence-electron chi connectivity index (χ3n) is 5.12. The summed E-state index contributed by atoms with van der Waals surface area (Å²) in [6, 6.07) is 20.3. The smallest absolute Gasteiger partial charge is 0.122 e. The maximum atomic E-state index is 10.8. The predicted molar refractivity (Wildman–Crippen MR) is 120 cm³/mol. The molecule has 0 aliphatic rings. The molecule has 28 heavy (non-hydrogen) atoms. The Morgan fingerprint density at radius 3 is 2.18 bits per heavy atom. The molecule has 3 nitrogen and oxygen atoms in total. The number of nitrogen functional groups attached to an aromatic ring is 1. The summed E-state index contributed by atoms with van der Waals surface area (Å²) in [5, 5.41) is 14.1. The summed E-state index contributed by atoms with van der Waals surface area (Å²) in [5.41, 5.74) is 13.1. The van der Waals surface area contributed by atoms with Crippen molar-refractivity contribution in [3.05, 3.63) is 82.9 Å². The number of phenolic OH excluding ortho intramolecular Hbond substituents is 1. The molecular weight excluding hydrogens is 344 g/mol. The number of anilines is 3. The van der Waals surface area contributed by atoms with Gasteiger partial charge in [-0.1, -0.05) is 64.1 Å². The van der Waals surface area contributed by atoms with Crippen LogP contribution in [0, 0.1) is 0 Å². The zero-order chi connectivity index (χ0) is 20.3. The second kappa shape index (κ2) is 8.39. The quantitative estimate of drug-likeness (QED) is 0.428. The van der Waals surface area contributed by atoms with Crippen molar-refractivity contribution in [2.24, 2.45) is 0 Å². The van der Waals surface area contributed by atoms with E-state index < -0.39 is 0 Å². The first kappa shape index (κ1) is 19.8. The van der Waals surface area contributed by atoms with Gasteiger partial charge in [-0.3, -0.25) is 0 Å². The van der Waals surface area contributed by atoms with Crippen LogP contribution < -0.4 is 11.1 Å². The van der Waals surface area contributed by atoms with Crippen LogP contribution in [0.1, 0.15) is 61.8 Å². The maximum absolute atomic E-state index is 10.8. The average molecular weight is 375 g/mol. The molecule has 0 fully saturated rings. The highest BCUT2D eigenvalue weighted by atomic mass is 16.3. The Labute approximate surface area is 168 Å². The first-order chi connectivity index (χ1) is 13.3. The van der Waals surface area contributed by atoms with Gasteiger partial charge in [0.2, 0.25) is 0 Å². The van der Waals surface area contributed by atoms with Crippen molar-refractivity contribution in [1.29, 1.82) is 0 Å². The zero-order valence-electron chi connectivity index (χ0n) is 17.2. The minimum Gasteiger partial charge on any atom is -0.507 e. The molecule has 0 spiro atoms. The van der Waals surface area contributed by atoms with Crippen molar-refractivity contribution < 1.29 is 5.11 Å². The van der Waals surface area contributed by atoms with E-state index in [1.54, 1.807) is 0 Å². The van der Waals surface area contributed by atoms with E-state index in [0.29, 0.717) is 24.0 Å². The lowest BCUT2D eigenvalue weighted by Crippen LogP contribution is -2.00. The van der Waals surface area contributed by atoms with Crippen molar-refractivity contribution in [3.8, 4) is 5.75 Å². The van der Waals surface area contributed by atoms with Gasteiger partial charge in [-0.25, -0.2) is 0 Å². The first-order valence-corrected chi connectivity index (χ1v) is 9.91. The molecule has 146 valence electrons. The average Bonchev–Trinajstić information content (AvgIpc) is 2.66. The molecule has 3 rings (SSSR count). The Hall–Kier alpha value is -2.94. The normalized spacial score (nSPS) is 11.2. The number of hydrogen-bond donors (Lipinski definition) is 3. The number of nitrogens with two attached hydrogens (primary N) is 1. The third-order valence-corrected chi connectivity index (χ3v) is 5.12. The highest BCUT2D eigenvalue weighted by Gasteiger charge is 2.14. The fourth-order valence-corrected chi connectivity index (χ4v) is 3.34. The van der Waals surface area contributed by atoms with Crippen LogP contribution in [0.3, 0.4) is 0 Å². The Morgan fingerprint density at radius 2 is 1.57 bits per heavy atom. The molecule has 0 saturated heterocycles. The molecule has 0 saturated carbocycles. The molecule has 0 aliphatic carbocycles. The lowest BCUT2D eigenvalue weighted by molar-refractivity contribution is 0.458. The fourth-order valence-electron chi connectivity index (χ4n) is 3.34. The summed E-state index contributed by atoms with van der Waals surface area (Å²) >= 11 is 0. The highest BCUT2D eigenvalue weighted by molar-refractivity contribution is 5.72. The summed E-state index contributed by atoms with van der Waals surface area (Å²) < 4.78 is 0. The number of hydrogen-bond acceptors (Lipinski definition) is 3. The number of benzene rings is 3. The molecule has 3 aromatic carbocycles. The van der Waals surface area contributed by atoms with Crippen LogP contribution in [0.2, 0.25) is 0 Å². The van der Waals surface area contributed by atoms with E-state index in [4.69, 9.17) is 5.73 Å². The summed E-state index contributed by atoms with van der Waals surface area (Å²) in [6.07, 6.45) is 0.708. The van der Waals surface area contributed by atoms with Gasteiger partial charge in [-0.05, 0) is 58.4 Å². The molecule has 0 atom stereocenters. The Bertz CT molecular complexity index is 943. The molecule has 0 bridgehead atoms. The molecule has 4 N–H and O–H groups in total. The van der Waals surface area contributed by atoms with Crippen LogP contribution in [0.5, 0.6) is 5.75 Å². The lowest BCUT2D eigenvalue weighted by Gasteiger charge is -2.17. The molecular formula is C25H30N2O. The molecule has 0 aromatic heterocycles. The van der Waals surface area contributed by atoms with Gasteiger partial charge in [-0.2, -0.15) is 0 Å². The van der Waals surface area contributed by atoms with E-state index in [1.165, 1.54) is 5.56 Å². The second-order valence-electron chi connectivity index (χ2n) is 8.01. The van der Waals surface area contributed by atoms with Gasteiger partial charge in [0.15, 0.2) is 0 Å². The molecule has 0 heterocycles. The SMILES string of the molecule is CC(C)c1cc(Cc2ccc(Nc3ccccc3N)cc2)c(O)c(C(C)C)c1. The van der Waals surface area contributed by atoms with Gasteiger partial charge in [0.25, 0.3) is 0 Å². The van der Waals surface area contributed by atoms with Gasteiger partial charge in [0.1, 0.15) is 5.75 Å².